The Morgan fingerprint density at radius 1 is 1.02 bits per heavy atom. The van der Waals surface area contributed by atoms with E-state index in [0.717, 1.165) is 16.7 Å². The van der Waals surface area contributed by atoms with Crippen molar-refractivity contribution in [1.29, 1.82) is 0 Å². The third kappa shape index (κ3) is 6.39. The number of carbonyl (C=O) groups excluding carboxylic acids is 3. The van der Waals surface area contributed by atoms with Crippen LogP contribution in [0.5, 0.6) is 0 Å². The van der Waals surface area contributed by atoms with Gasteiger partial charge in [0.25, 0.3) is 5.91 Å². The zero-order valence-electron chi connectivity index (χ0n) is 27.5. The van der Waals surface area contributed by atoms with Crippen molar-refractivity contribution in [2.24, 2.45) is 11.8 Å². The normalized spacial score (nSPS) is 25.9. The monoisotopic (exact) mass is 761 g/mol. The van der Waals surface area contributed by atoms with Crippen molar-refractivity contribution in [3.05, 3.63) is 126 Å². The number of thioether (sulfide) groups is 1. The van der Waals surface area contributed by atoms with Gasteiger partial charge in [-0.05, 0) is 42.5 Å². The minimum atomic E-state index is -0.962. The first-order valence-corrected chi connectivity index (χ1v) is 18.7. The second-order valence-corrected chi connectivity index (χ2v) is 16.2. The van der Waals surface area contributed by atoms with Gasteiger partial charge >= 0.3 is 0 Å². The highest BCUT2D eigenvalue weighted by Crippen LogP contribution is 2.68. The average Bonchev–Trinajstić information content (AvgIpc) is 3.70. The number of aryl methyl sites for hydroxylation is 1. The molecule has 3 saturated heterocycles. The van der Waals surface area contributed by atoms with Crippen LogP contribution in [0.25, 0.3) is 0 Å². The molecule has 1 spiro atoms. The Bertz CT molecular complexity index is 1710. The third-order valence-corrected chi connectivity index (χ3v) is 13.6. The fourth-order valence-corrected chi connectivity index (χ4v) is 12.0. The number of nitrogens with zero attached hydrogens (tertiary/aromatic N) is 3. The predicted molar refractivity (Wildman–Crippen MR) is 201 cm³/mol. The van der Waals surface area contributed by atoms with Crippen molar-refractivity contribution in [3.63, 3.8) is 0 Å². The maximum atomic E-state index is 15.3. The van der Waals surface area contributed by atoms with Crippen molar-refractivity contribution >= 4 is 62.7 Å². The number of benzene rings is 3. The van der Waals surface area contributed by atoms with E-state index >= 15 is 9.59 Å². The highest BCUT2D eigenvalue weighted by atomic mass is 79.9. The first kappa shape index (κ1) is 35.5. The van der Waals surface area contributed by atoms with Crippen molar-refractivity contribution in [3.8, 4) is 0 Å². The topological polar surface area (TPSA) is 81.2 Å². The Morgan fingerprint density at radius 3 is 2.29 bits per heavy atom. The van der Waals surface area contributed by atoms with Crippen LogP contribution in [0.1, 0.15) is 23.1 Å². The van der Waals surface area contributed by atoms with Gasteiger partial charge in [0.2, 0.25) is 11.8 Å². The van der Waals surface area contributed by atoms with Crippen LogP contribution in [0, 0.1) is 18.8 Å². The molecule has 7 nitrogen and oxygen atoms in total. The molecule has 2 bridgehead atoms. The summed E-state index contributed by atoms with van der Waals surface area (Å²) in [6.07, 6.45) is 4.23. The Balaban J connectivity index is 1.47. The quantitative estimate of drug-likeness (QED) is 0.160. The second-order valence-electron chi connectivity index (χ2n) is 13.1. The van der Waals surface area contributed by atoms with Gasteiger partial charge in [-0.15, -0.1) is 24.9 Å². The zero-order valence-corrected chi connectivity index (χ0v) is 30.6. The van der Waals surface area contributed by atoms with E-state index in [2.05, 4.69) is 29.1 Å². The smallest absolute Gasteiger partial charge is 0.251 e. The van der Waals surface area contributed by atoms with Gasteiger partial charge in [0, 0.05) is 29.7 Å². The first-order valence-electron chi connectivity index (χ1n) is 16.6. The van der Waals surface area contributed by atoms with E-state index < -0.39 is 28.7 Å². The second kappa shape index (κ2) is 14.9. The molecule has 3 fully saturated rings. The number of fused-ring (bicyclic) bond motifs is 1. The molecule has 3 aliphatic heterocycles. The van der Waals surface area contributed by atoms with Gasteiger partial charge in [0.05, 0.1) is 39.9 Å². The lowest BCUT2D eigenvalue weighted by Crippen LogP contribution is -2.58. The lowest BCUT2D eigenvalue weighted by atomic mass is 9.70. The van der Waals surface area contributed by atoms with Gasteiger partial charge in [-0.25, -0.2) is 0 Å². The molecular formula is C39H41BrClN3O4S. The standard InChI is InChI=1S/C39H41BrClN3O4S/c1-4-19-42(23-27-16-10-7-11-17-27)36(46)31-32-37(47)44(28(24-45)21-26-14-8-6-9-15-26)35(39(32)22-29(40)34(31)49-39)38(48)43(20-5-2)33-25(3)13-12-18-30(33)41/h4-18,28-29,31-32,34-35,45H,1-2,19-24H2,3H3/t28-,29?,31+,32+,34+,35?,39?/m1/s1. The number of rotatable bonds is 13. The summed E-state index contributed by atoms with van der Waals surface area (Å²) >= 11 is 12.2. The van der Waals surface area contributed by atoms with Crippen molar-refractivity contribution in [2.75, 3.05) is 24.6 Å². The molecule has 7 atom stereocenters. The van der Waals surface area contributed by atoms with E-state index in [9.17, 15) is 9.90 Å². The predicted octanol–water partition coefficient (Wildman–Crippen LogP) is 6.45. The summed E-state index contributed by atoms with van der Waals surface area (Å²) in [4.78, 5) is 49.9. The SMILES string of the molecule is C=CCN(Cc1ccccc1)C(=O)[C@H]1[C@H]2C(=O)N([C@@H](CO)Cc3ccccc3)C(C(=O)N(CC=C)c3c(C)cccc3Cl)C23CC(Br)[C@@H]1S3. The summed E-state index contributed by atoms with van der Waals surface area (Å²) in [6, 6.07) is 23.2. The number of para-hydroxylation sites is 1. The number of hydrogen-bond acceptors (Lipinski definition) is 5. The Morgan fingerprint density at radius 2 is 1.67 bits per heavy atom. The number of carbonyl (C=O) groups is 3. The first-order chi connectivity index (χ1) is 23.7. The van der Waals surface area contributed by atoms with Gasteiger partial charge in [0.1, 0.15) is 6.04 Å². The van der Waals surface area contributed by atoms with Crippen LogP contribution in [0.15, 0.2) is 104 Å². The molecule has 6 rings (SSSR count). The molecule has 0 aromatic heterocycles. The molecule has 3 amide bonds. The van der Waals surface area contributed by atoms with E-state index in [0.29, 0.717) is 36.6 Å². The molecule has 10 heteroatoms. The number of alkyl halides is 1. The summed E-state index contributed by atoms with van der Waals surface area (Å²) in [5.74, 6) is -2.14. The van der Waals surface area contributed by atoms with E-state index in [4.69, 9.17) is 11.6 Å². The lowest BCUT2D eigenvalue weighted by molar-refractivity contribution is -0.145. The maximum absolute atomic E-state index is 15.3. The number of hydrogen-bond donors (Lipinski definition) is 1. The number of anilines is 1. The van der Waals surface area contributed by atoms with E-state index in [-0.39, 0.29) is 41.0 Å². The van der Waals surface area contributed by atoms with E-state index in [1.165, 1.54) is 0 Å². The highest BCUT2D eigenvalue weighted by Gasteiger charge is 2.76. The molecule has 3 heterocycles. The summed E-state index contributed by atoms with van der Waals surface area (Å²) in [5, 5.41) is 11.1. The Labute approximate surface area is 306 Å². The van der Waals surface area contributed by atoms with Gasteiger partial charge < -0.3 is 19.8 Å². The summed E-state index contributed by atoms with van der Waals surface area (Å²) in [6.45, 7) is 10.3. The van der Waals surface area contributed by atoms with Gasteiger partial charge in [0.15, 0.2) is 0 Å². The molecular weight excluding hydrogens is 722 g/mol. The van der Waals surface area contributed by atoms with E-state index in [1.54, 1.807) is 44.7 Å². The minimum absolute atomic E-state index is 0.107. The Kier molecular flexibility index (Phi) is 10.7. The number of aliphatic hydroxyl groups excluding tert-OH is 1. The van der Waals surface area contributed by atoms with Gasteiger partial charge in [-0.2, -0.15) is 0 Å². The molecule has 3 unspecified atom stereocenters. The van der Waals surface area contributed by atoms with Crippen LogP contribution in [-0.2, 0) is 27.3 Å². The molecule has 0 aliphatic carbocycles. The molecule has 0 saturated carbocycles. The largest absolute Gasteiger partial charge is 0.394 e. The van der Waals surface area contributed by atoms with Crippen LogP contribution in [-0.4, -0.2) is 79.2 Å². The maximum Gasteiger partial charge on any atom is 0.251 e. The van der Waals surface area contributed by atoms with Crippen LogP contribution < -0.4 is 4.90 Å². The minimum Gasteiger partial charge on any atom is -0.394 e. The number of halogens is 2. The van der Waals surface area contributed by atoms with Crippen molar-refractivity contribution in [1.82, 2.24) is 9.80 Å². The number of amides is 3. The van der Waals surface area contributed by atoms with Crippen LogP contribution in [0.3, 0.4) is 0 Å². The number of aliphatic hydroxyl groups is 1. The van der Waals surface area contributed by atoms with Crippen LogP contribution in [0.2, 0.25) is 5.02 Å². The summed E-state index contributed by atoms with van der Waals surface area (Å²) in [5.41, 5.74) is 3.28. The van der Waals surface area contributed by atoms with Gasteiger partial charge in [-0.1, -0.05) is 112 Å². The Hall–Kier alpha value is -3.37. The van der Waals surface area contributed by atoms with Crippen molar-refractivity contribution < 1.29 is 19.5 Å². The van der Waals surface area contributed by atoms with E-state index in [1.807, 2.05) is 79.7 Å². The lowest BCUT2D eigenvalue weighted by Gasteiger charge is -2.40. The fourth-order valence-electron chi connectivity index (χ4n) is 8.10. The average molecular weight is 763 g/mol. The summed E-state index contributed by atoms with van der Waals surface area (Å²) in [7, 11) is 0. The molecule has 49 heavy (non-hydrogen) atoms. The zero-order chi connectivity index (χ0) is 34.9. The molecule has 1 N–H and O–H groups in total. The van der Waals surface area contributed by atoms with Gasteiger partial charge in [-0.3, -0.25) is 14.4 Å². The summed E-state index contributed by atoms with van der Waals surface area (Å²) < 4.78 is -0.918. The third-order valence-electron chi connectivity index (χ3n) is 10.1. The highest BCUT2D eigenvalue weighted by molar-refractivity contribution is 9.09. The fraction of sp³-hybridized carbons (Fsp3) is 0.359. The molecule has 256 valence electrons. The van der Waals surface area contributed by atoms with Crippen LogP contribution >= 0.6 is 39.3 Å². The molecule has 0 radical (unpaired) electrons. The van der Waals surface area contributed by atoms with Crippen LogP contribution in [0.4, 0.5) is 5.69 Å². The molecule has 3 aromatic rings. The number of likely N-dealkylation sites (tertiary alicyclic amines) is 1. The molecule has 3 aliphatic rings. The van der Waals surface area contributed by atoms with Crippen molar-refractivity contribution in [2.45, 2.75) is 53.2 Å². The molecule has 3 aromatic carbocycles.